The van der Waals surface area contributed by atoms with Gasteiger partial charge < -0.3 is 10.2 Å². The molecule has 176 valence electrons. The summed E-state index contributed by atoms with van der Waals surface area (Å²) in [6.45, 7) is 6.20. The fourth-order valence-electron chi connectivity index (χ4n) is 5.21. The van der Waals surface area contributed by atoms with Gasteiger partial charge in [0.15, 0.2) is 0 Å². The minimum atomic E-state index is 0.0205. The summed E-state index contributed by atoms with van der Waals surface area (Å²) in [6.07, 6.45) is 1.36. The molecule has 6 nitrogen and oxygen atoms in total. The molecule has 0 radical (unpaired) electrons. The normalized spacial score (nSPS) is 20.9. The molecule has 1 aliphatic heterocycles. The second-order valence-electron chi connectivity index (χ2n) is 10.0. The predicted molar refractivity (Wildman–Crippen MR) is 131 cm³/mol. The van der Waals surface area contributed by atoms with Crippen LogP contribution in [0.3, 0.4) is 0 Å². The highest BCUT2D eigenvalue weighted by molar-refractivity contribution is 5.84. The van der Waals surface area contributed by atoms with Crippen molar-refractivity contribution in [3.05, 3.63) is 83.7 Å². The van der Waals surface area contributed by atoms with Crippen molar-refractivity contribution in [3.8, 4) is 5.69 Å². The van der Waals surface area contributed by atoms with Gasteiger partial charge in [-0.3, -0.25) is 9.59 Å². The molecular formula is C28H32N4O2. The molecule has 2 fully saturated rings. The van der Waals surface area contributed by atoms with Gasteiger partial charge in [0.2, 0.25) is 11.8 Å². The number of carbonyl (C=O) groups excluding carboxylic acids is 2. The lowest BCUT2D eigenvalue weighted by molar-refractivity contribution is -0.131. The molecule has 1 aliphatic carbocycles. The average Bonchev–Trinajstić information content (AvgIpc) is 3.15. The van der Waals surface area contributed by atoms with Crippen LogP contribution in [0.25, 0.3) is 5.69 Å². The maximum absolute atomic E-state index is 12.9. The largest absolute Gasteiger partial charge is 0.350 e. The molecule has 2 aromatic carbocycles. The molecule has 1 unspecified atom stereocenters. The number of fused-ring (bicyclic) bond motifs is 1. The number of benzene rings is 2. The Labute approximate surface area is 201 Å². The number of amides is 2. The van der Waals surface area contributed by atoms with Crippen molar-refractivity contribution in [1.29, 1.82) is 0 Å². The van der Waals surface area contributed by atoms with E-state index in [0.29, 0.717) is 32.0 Å². The van der Waals surface area contributed by atoms with Gasteiger partial charge in [-0.2, -0.15) is 5.10 Å². The molecule has 2 heterocycles. The highest BCUT2D eigenvalue weighted by Gasteiger charge is 2.60. The molecule has 6 heteroatoms. The number of aromatic nitrogens is 2. The van der Waals surface area contributed by atoms with E-state index in [2.05, 4.69) is 37.4 Å². The van der Waals surface area contributed by atoms with Gasteiger partial charge in [0.05, 0.1) is 24.3 Å². The van der Waals surface area contributed by atoms with E-state index in [4.69, 9.17) is 5.10 Å². The maximum atomic E-state index is 12.9. The Morgan fingerprint density at radius 1 is 1.00 bits per heavy atom. The van der Waals surface area contributed by atoms with Gasteiger partial charge in [-0.05, 0) is 47.9 Å². The molecule has 1 N–H and O–H groups in total. The molecule has 3 atom stereocenters. The first-order chi connectivity index (χ1) is 16.5. The Bertz CT molecular complexity index is 1140. The van der Waals surface area contributed by atoms with Crippen LogP contribution >= 0.6 is 0 Å². The molecule has 2 aliphatic rings. The Balaban J connectivity index is 1.15. The minimum Gasteiger partial charge on any atom is -0.350 e. The summed E-state index contributed by atoms with van der Waals surface area (Å²) in [5.74, 6) is 1.36. The number of hydrogen-bond acceptors (Lipinski definition) is 3. The summed E-state index contributed by atoms with van der Waals surface area (Å²) in [5, 5.41) is 7.88. The predicted octanol–water partition coefficient (Wildman–Crippen LogP) is 3.63. The molecule has 5 rings (SSSR count). The summed E-state index contributed by atoms with van der Waals surface area (Å²) in [6, 6.07) is 22.1. The summed E-state index contributed by atoms with van der Waals surface area (Å²) >= 11 is 0. The van der Waals surface area contributed by atoms with Crippen LogP contribution in [0.1, 0.15) is 30.8 Å². The number of nitrogens with one attached hydrogen (secondary N) is 1. The smallest absolute Gasteiger partial charge is 0.227 e. The highest BCUT2D eigenvalue weighted by atomic mass is 16.2. The van der Waals surface area contributed by atoms with Gasteiger partial charge in [0, 0.05) is 24.7 Å². The Kier molecular flexibility index (Phi) is 6.22. The monoisotopic (exact) mass is 456 g/mol. The minimum absolute atomic E-state index is 0.0205. The number of rotatable bonds is 8. The van der Waals surface area contributed by atoms with Crippen LogP contribution < -0.4 is 5.32 Å². The van der Waals surface area contributed by atoms with E-state index in [1.54, 1.807) is 0 Å². The van der Waals surface area contributed by atoms with E-state index < -0.39 is 0 Å². The van der Waals surface area contributed by atoms with E-state index in [1.165, 1.54) is 0 Å². The number of nitrogens with zero attached hydrogens (tertiary/aromatic N) is 3. The van der Waals surface area contributed by atoms with Crippen molar-refractivity contribution in [2.45, 2.75) is 33.2 Å². The molecule has 34 heavy (non-hydrogen) atoms. The quantitative estimate of drug-likeness (QED) is 0.563. The van der Waals surface area contributed by atoms with Crippen LogP contribution in [0.4, 0.5) is 0 Å². The van der Waals surface area contributed by atoms with Gasteiger partial charge >= 0.3 is 0 Å². The van der Waals surface area contributed by atoms with Crippen molar-refractivity contribution in [2.75, 3.05) is 13.1 Å². The van der Waals surface area contributed by atoms with Crippen molar-refractivity contribution in [3.63, 3.8) is 0 Å². The summed E-state index contributed by atoms with van der Waals surface area (Å²) in [4.78, 5) is 27.4. The third kappa shape index (κ3) is 4.76. The third-order valence-corrected chi connectivity index (χ3v) is 6.94. The first-order valence-corrected chi connectivity index (χ1v) is 12.2. The maximum Gasteiger partial charge on any atom is 0.227 e. The van der Waals surface area contributed by atoms with E-state index in [1.807, 2.05) is 58.1 Å². The van der Waals surface area contributed by atoms with E-state index in [0.717, 1.165) is 29.1 Å². The zero-order chi connectivity index (χ0) is 23.7. The standard InChI is InChI=1S/C28H32N4O2/c1-19(2)13-23-15-21(30-32(23)22-11-7-4-8-12-22)16-29-28(34)27-24-17-31(18-25(24)27)26(33)14-20-9-5-3-6-10-20/h3-12,15,19,24-25,27H,13-14,16-18H2,1-2H3,(H,29,34)/t24-,25+,27?. The number of likely N-dealkylation sites (tertiary alicyclic amines) is 1. The molecule has 3 aromatic rings. The van der Waals surface area contributed by atoms with E-state index in [-0.39, 0.29) is 29.6 Å². The van der Waals surface area contributed by atoms with Crippen molar-refractivity contribution < 1.29 is 9.59 Å². The van der Waals surface area contributed by atoms with E-state index >= 15 is 0 Å². The summed E-state index contributed by atoms with van der Waals surface area (Å²) in [7, 11) is 0. The van der Waals surface area contributed by atoms with Crippen molar-refractivity contribution in [2.24, 2.45) is 23.7 Å². The highest BCUT2D eigenvalue weighted by Crippen LogP contribution is 2.51. The van der Waals surface area contributed by atoms with Crippen LogP contribution in [0.2, 0.25) is 0 Å². The summed E-state index contributed by atoms with van der Waals surface area (Å²) in [5.41, 5.74) is 4.10. The molecule has 1 saturated carbocycles. The van der Waals surface area contributed by atoms with Crippen LogP contribution in [0, 0.1) is 23.7 Å². The number of para-hydroxylation sites is 1. The third-order valence-electron chi connectivity index (χ3n) is 6.94. The molecule has 1 aromatic heterocycles. The average molecular weight is 457 g/mol. The number of carbonyl (C=O) groups is 2. The van der Waals surface area contributed by atoms with Crippen LogP contribution in [-0.2, 0) is 29.0 Å². The number of piperidine rings is 1. The van der Waals surface area contributed by atoms with E-state index in [9.17, 15) is 9.59 Å². The van der Waals surface area contributed by atoms with Crippen LogP contribution in [-0.4, -0.2) is 39.6 Å². The molecule has 0 spiro atoms. The molecule has 0 bridgehead atoms. The molecular weight excluding hydrogens is 424 g/mol. The second-order valence-corrected chi connectivity index (χ2v) is 10.0. The SMILES string of the molecule is CC(C)Cc1cc(CNC(=O)C2[C@H]3CN(C(=O)Cc4ccccc4)C[C@@H]23)nn1-c1ccccc1. The zero-order valence-electron chi connectivity index (χ0n) is 19.9. The Morgan fingerprint density at radius 3 is 2.29 bits per heavy atom. The Morgan fingerprint density at radius 2 is 1.65 bits per heavy atom. The van der Waals surface area contributed by atoms with Gasteiger partial charge in [-0.1, -0.05) is 62.4 Å². The first kappa shape index (κ1) is 22.4. The lowest BCUT2D eigenvalue weighted by Crippen LogP contribution is -2.35. The molecule has 1 saturated heterocycles. The zero-order valence-corrected chi connectivity index (χ0v) is 19.9. The van der Waals surface area contributed by atoms with Gasteiger partial charge in [-0.15, -0.1) is 0 Å². The van der Waals surface area contributed by atoms with Crippen molar-refractivity contribution >= 4 is 11.8 Å². The van der Waals surface area contributed by atoms with Gasteiger partial charge in [0.25, 0.3) is 0 Å². The lowest BCUT2D eigenvalue weighted by atomic mass is 10.1. The number of hydrogen-bond donors (Lipinski definition) is 1. The fraction of sp³-hybridized carbons (Fsp3) is 0.393. The van der Waals surface area contributed by atoms with Crippen LogP contribution in [0.15, 0.2) is 66.7 Å². The summed E-state index contributed by atoms with van der Waals surface area (Å²) < 4.78 is 1.99. The van der Waals surface area contributed by atoms with Gasteiger partial charge in [-0.25, -0.2) is 4.68 Å². The first-order valence-electron chi connectivity index (χ1n) is 12.2. The van der Waals surface area contributed by atoms with Crippen LogP contribution in [0.5, 0.6) is 0 Å². The lowest BCUT2D eigenvalue weighted by Gasteiger charge is -2.19. The fourth-order valence-corrected chi connectivity index (χ4v) is 5.21. The second kappa shape index (κ2) is 9.45. The van der Waals surface area contributed by atoms with Gasteiger partial charge in [0.1, 0.15) is 0 Å². The topological polar surface area (TPSA) is 67.2 Å². The Hall–Kier alpha value is -3.41. The molecule has 2 amide bonds. The van der Waals surface area contributed by atoms with Crippen molar-refractivity contribution in [1.82, 2.24) is 20.0 Å².